The van der Waals surface area contributed by atoms with Gasteiger partial charge < -0.3 is 10.6 Å². The summed E-state index contributed by atoms with van der Waals surface area (Å²) in [6.07, 6.45) is 0. The Morgan fingerprint density at radius 2 is 1.52 bits per heavy atom. The molecule has 7 nitrogen and oxygen atoms in total. The third-order valence-electron chi connectivity index (χ3n) is 6.43. The average Bonchev–Trinajstić information content (AvgIpc) is 2.94. The lowest BCUT2D eigenvalue weighted by molar-refractivity contribution is -0.114. The lowest BCUT2D eigenvalue weighted by Crippen LogP contribution is -2.39. The van der Waals surface area contributed by atoms with E-state index in [0.29, 0.717) is 10.6 Å². The summed E-state index contributed by atoms with van der Waals surface area (Å²) in [5.41, 5.74) is 3.27. The summed E-state index contributed by atoms with van der Waals surface area (Å²) in [5, 5.41) is 6.01. The van der Waals surface area contributed by atoms with Gasteiger partial charge in [-0.05, 0) is 68.3 Å². The second-order valence-electron chi connectivity index (χ2n) is 9.46. The third-order valence-corrected chi connectivity index (χ3v) is 8.44. The van der Waals surface area contributed by atoms with Crippen LogP contribution in [0.4, 0.5) is 11.4 Å². The zero-order valence-corrected chi connectivity index (χ0v) is 24.0. The van der Waals surface area contributed by atoms with Gasteiger partial charge in [0.15, 0.2) is 0 Å². The van der Waals surface area contributed by atoms with Crippen molar-refractivity contribution in [3.05, 3.63) is 124 Å². The SMILES string of the molecule is Cc1ccc(S(=O)(=O)N(CC(=O)Nc2ccccc2C(=O)N[C@@H](C)c2ccccc2)c2cc(Cl)ccc2C)cc1. The van der Waals surface area contributed by atoms with Crippen LogP contribution in [0.5, 0.6) is 0 Å². The average molecular weight is 576 g/mol. The fourth-order valence-corrected chi connectivity index (χ4v) is 5.84. The van der Waals surface area contributed by atoms with E-state index in [2.05, 4.69) is 10.6 Å². The van der Waals surface area contributed by atoms with E-state index >= 15 is 0 Å². The predicted molar refractivity (Wildman–Crippen MR) is 159 cm³/mol. The van der Waals surface area contributed by atoms with Crippen LogP contribution in [0.2, 0.25) is 5.02 Å². The molecule has 40 heavy (non-hydrogen) atoms. The van der Waals surface area contributed by atoms with E-state index in [1.54, 1.807) is 55.5 Å². The van der Waals surface area contributed by atoms with Crippen LogP contribution >= 0.6 is 11.6 Å². The molecule has 4 aromatic carbocycles. The first-order chi connectivity index (χ1) is 19.1. The number of nitrogens with zero attached hydrogens (tertiary/aromatic N) is 1. The van der Waals surface area contributed by atoms with E-state index < -0.39 is 22.5 Å². The Hall–Kier alpha value is -4.14. The molecule has 0 aliphatic carbocycles. The zero-order valence-electron chi connectivity index (χ0n) is 22.4. The standard InChI is InChI=1S/C31H30ClN3O4S/c1-21-13-17-26(18-14-21)40(38,39)35(29-19-25(32)16-15-22(29)2)20-30(36)34-28-12-8-7-11-27(28)31(37)33-23(3)24-9-5-4-6-10-24/h4-19,23H,20H2,1-3H3,(H,33,37)(H,34,36)/t23-/m0/s1. The first-order valence-electron chi connectivity index (χ1n) is 12.7. The molecule has 1 atom stereocenters. The van der Waals surface area contributed by atoms with Crippen LogP contribution in [0.1, 0.15) is 40.0 Å². The number of benzene rings is 4. The molecule has 2 amide bonds. The summed E-state index contributed by atoms with van der Waals surface area (Å²) in [6.45, 7) is 4.94. The molecule has 0 bridgehead atoms. The normalized spacial score (nSPS) is 11.9. The Balaban J connectivity index is 1.61. The molecule has 0 spiro atoms. The van der Waals surface area contributed by atoms with Crippen molar-refractivity contribution in [2.45, 2.75) is 31.7 Å². The number of hydrogen-bond acceptors (Lipinski definition) is 4. The van der Waals surface area contributed by atoms with Gasteiger partial charge in [-0.15, -0.1) is 0 Å². The van der Waals surface area contributed by atoms with Gasteiger partial charge in [-0.1, -0.05) is 77.8 Å². The number of halogens is 1. The van der Waals surface area contributed by atoms with Gasteiger partial charge in [0.25, 0.3) is 15.9 Å². The van der Waals surface area contributed by atoms with E-state index in [1.165, 1.54) is 18.2 Å². The highest BCUT2D eigenvalue weighted by atomic mass is 35.5. The van der Waals surface area contributed by atoms with Crippen molar-refractivity contribution in [1.82, 2.24) is 5.32 Å². The van der Waals surface area contributed by atoms with Crippen molar-refractivity contribution in [2.75, 3.05) is 16.2 Å². The quantitative estimate of drug-likeness (QED) is 0.245. The van der Waals surface area contributed by atoms with E-state index in [0.717, 1.165) is 15.4 Å². The molecule has 0 radical (unpaired) electrons. The minimum absolute atomic E-state index is 0.0416. The fraction of sp³-hybridized carbons (Fsp3) is 0.161. The first kappa shape index (κ1) is 28.9. The molecule has 9 heteroatoms. The molecule has 0 aliphatic heterocycles. The number of para-hydroxylation sites is 1. The minimum Gasteiger partial charge on any atom is -0.345 e. The number of carbonyl (C=O) groups excluding carboxylic acids is 2. The van der Waals surface area contributed by atoms with Crippen molar-refractivity contribution < 1.29 is 18.0 Å². The van der Waals surface area contributed by atoms with Crippen molar-refractivity contribution in [3.63, 3.8) is 0 Å². The van der Waals surface area contributed by atoms with Crippen molar-refractivity contribution in [3.8, 4) is 0 Å². The number of anilines is 2. The lowest BCUT2D eigenvalue weighted by Gasteiger charge is -2.26. The summed E-state index contributed by atoms with van der Waals surface area (Å²) in [5.74, 6) is -0.992. The van der Waals surface area contributed by atoms with Gasteiger partial charge in [0, 0.05) is 5.02 Å². The lowest BCUT2D eigenvalue weighted by atomic mass is 10.1. The Labute approximate surface area is 239 Å². The number of sulfonamides is 1. The van der Waals surface area contributed by atoms with E-state index in [-0.39, 0.29) is 33.8 Å². The second kappa shape index (κ2) is 12.4. The minimum atomic E-state index is -4.14. The van der Waals surface area contributed by atoms with Crippen LogP contribution in [-0.2, 0) is 14.8 Å². The first-order valence-corrected chi connectivity index (χ1v) is 14.5. The fourth-order valence-electron chi connectivity index (χ4n) is 4.20. The number of aryl methyl sites for hydroxylation is 2. The molecule has 0 unspecified atom stereocenters. The molecular formula is C31H30ClN3O4S. The number of amides is 2. The van der Waals surface area contributed by atoms with Crippen LogP contribution in [0.3, 0.4) is 0 Å². The largest absolute Gasteiger partial charge is 0.345 e. The van der Waals surface area contributed by atoms with Crippen molar-refractivity contribution in [1.29, 1.82) is 0 Å². The van der Waals surface area contributed by atoms with Gasteiger partial charge in [-0.2, -0.15) is 0 Å². The summed E-state index contributed by atoms with van der Waals surface area (Å²) in [7, 11) is -4.14. The summed E-state index contributed by atoms with van der Waals surface area (Å²) in [4.78, 5) is 26.5. The summed E-state index contributed by atoms with van der Waals surface area (Å²) in [6, 6.07) is 27.1. The molecule has 0 saturated heterocycles. The van der Waals surface area contributed by atoms with Gasteiger partial charge >= 0.3 is 0 Å². The van der Waals surface area contributed by atoms with Crippen LogP contribution in [0, 0.1) is 13.8 Å². The second-order valence-corrected chi connectivity index (χ2v) is 11.8. The topological polar surface area (TPSA) is 95.6 Å². The van der Waals surface area contributed by atoms with Gasteiger partial charge in [-0.25, -0.2) is 8.42 Å². The monoisotopic (exact) mass is 575 g/mol. The molecule has 4 rings (SSSR count). The smallest absolute Gasteiger partial charge is 0.264 e. The number of hydrogen-bond donors (Lipinski definition) is 2. The highest BCUT2D eigenvalue weighted by Gasteiger charge is 2.29. The molecule has 0 heterocycles. The molecule has 0 aliphatic rings. The van der Waals surface area contributed by atoms with Crippen LogP contribution < -0.4 is 14.9 Å². The number of carbonyl (C=O) groups is 2. The van der Waals surface area contributed by atoms with Crippen LogP contribution in [-0.4, -0.2) is 26.8 Å². The molecule has 0 aromatic heterocycles. The van der Waals surface area contributed by atoms with Gasteiger partial charge in [0.05, 0.1) is 27.9 Å². The highest BCUT2D eigenvalue weighted by molar-refractivity contribution is 7.92. The molecule has 206 valence electrons. The Morgan fingerprint density at radius 3 is 2.23 bits per heavy atom. The van der Waals surface area contributed by atoms with Crippen molar-refractivity contribution >= 4 is 44.8 Å². The van der Waals surface area contributed by atoms with Gasteiger partial charge in [-0.3, -0.25) is 13.9 Å². The Bertz CT molecular complexity index is 1620. The van der Waals surface area contributed by atoms with Crippen molar-refractivity contribution in [2.24, 2.45) is 0 Å². The Morgan fingerprint density at radius 1 is 0.875 bits per heavy atom. The molecule has 0 saturated carbocycles. The number of rotatable bonds is 9. The maximum Gasteiger partial charge on any atom is 0.264 e. The summed E-state index contributed by atoms with van der Waals surface area (Å²) < 4.78 is 28.6. The molecular weight excluding hydrogens is 546 g/mol. The predicted octanol–water partition coefficient (Wildman–Crippen LogP) is 6.28. The van der Waals surface area contributed by atoms with Crippen LogP contribution in [0.25, 0.3) is 0 Å². The Kier molecular flexibility index (Phi) is 8.92. The number of nitrogens with one attached hydrogen (secondary N) is 2. The highest BCUT2D eigenvalue weighted by Crippen LogP contribution is 2.30. The maximum atomic E-state index is 13.8. The molecule has 4 aromatic rings. The summed E-state index contributed by atoms with van der Waals surface area (Å²) >= 11 is 6.22. The molecule has 0 fully saturated rings. The van der Waals surface area contributed by atoms with Crippen LogP contribution in [0.15, 0.2) is 102 Å². The zero-order chi connectivity index (χ0) is 28.9. The van der Waals surface area contributed by atoms with E-state index in [4.69, 9.17) is 11.6 Å². The maximum absolute atomic E-state index is 13.8. The van der Waals surface area contributed by atoms with E-state index in [9.17, 15) is 18.0 Å². The van der Waals surface area contributed by atoms with Gasteiger partial charge in [0.2, 0.25) is 5.91 Å². The van der Waals surface area contributed by atoms with E-state index in [1.807, 2.05) is 44.2 Å². The van der Waals surface area contributed by atoms with Gasteiger partial charge in [0.1, 0.15) is 6.54 Å². The molecule has 2 N–H and O–H groups in total. The third kappa shape index (κ3) is 6.70.